The minimum Gasteiger partial charge on any atom is -0.492 e. The number of likely N-dealkylation sites (N-methyl/N-ethyl adjacent to an activating group) is 1. The number of hydrogen-bond donors (Lipinski definition) is 2. The highest BCUT2D eigenvalue weighted by Gasteiger charge is 2.06. The van der Waals surface area contributed by atoms with Gasteiger partial charge >= 0.3 is 0 Å². The molecule has 0 aliphatic heterocycles. The topological polar surface area (TPSA) is 61.8 Å². The van der Waals surface area contributed by atoms with Crippen LogP contribution in [0.5, 0.6) is 5.75 Å². The molecular formula is C22H35N5OS. The van der Waals surface area contributed by atoms with E-state index in [1.807, 2.05) is 19.1 Å². The molecular weight excluding hydrogens is 382 g/mol. The van der Waals surface area contributed by atoms with E-state index >= 15 is 0 Å². The molecule has 1 aromatic heterocycles. The number of benzene rings is 1. The molecule has 6 nitrogen and oxygen atoms in total. The van der Waals surface area contributed by atoms with Crippen LogP contribution in [-0.4, -0.2) is 48.6 Å². The normalized spacial score (nSPS) is 11.7. The summed E-state index contributed by atoms with van der Waals surface area (Å²) in [5.74, 6) is 1.73. The van der Waals surface area contributed by atoms with E-state index in [2.05, 4.69) is 60.3 Å². The van der Waals surface area contributed by atoms with Gasteiger partial charge in [0.1, 0.15) is 12.4 Å². The Morgan fingerprint density at radius 2 is 1.83 bits per heavy atom. The summed E-state index contributed by atoms with van der Waals surface area (Å²) < 4.78 is 5.85. The van der Waals surface area contributed by atoms with Gasteiger partial charge in [0.25, 0.3) is 0 Å². The molecule has 0 fully saturated rings. The van der Waals surface area contributed by atoms with Gasteiger partial charge in [-0.05, 0) is 51.6 Å². The fourth-order valence-electron chi connectivity index (χ4n) is 2.94. The third-order valence-corrected chi connectivity index (χ3v) is 5.75. The Morgan fingerprint density at radius 3 is 2.41 bits per heavy atom. The molecule has 0 radical (unpaired) electrons. The molecule has 1 heterocycles. The van der Waals surface area contributed by atoms with E-state index in [-0.39, 0.29) is 0 Å². The molecule has 2 N–H and O–H groups in total. The van der Waals surface area contributed by atoms with Crippen molar-refractivity contribution in [2.24, 2.45) is 4.99 Å². The van der Waals surface area contributed by atoms with Crippen LogP contribution in [0, 0.1) is 13.8 Å². The van der Waals surface area contributed by atoms with Crippen molar-refractivity contribution in [2.75, 3.05) is 32.8 Å². The van der Waals surface area contributed by atoms with Crippen molar-refractivity contribution in [1.82, 2.24) is 20.5 Å². The average molecular weight is 418 g/mol. The maximum Gasteiger partial charge on any atom is 0.191 e. The maximum absolute atomic E-state index is 5.85. The minimum atomic E-state index is 0.621. The lowest BCUT2D eigenvalue weighted by Gasteiger charge is -2.18. The van der Waals surface area contributed by atoms with Crippen LogP contribution in [0.1, 0.15) is 41.9 Å². The van der Waals surface area contributed by atoms with Gasteiger partial charge in [-0.3, -0.25) is 0 Å². The van der Waals surface area contributed by atoms with Crippen molar-refractivity contribution < 1.29 is 4.74 Å². The fraction of sp³-hybridized carbons (Fsp3) is 0.545. The summed E-state index contributed by atoms with van der Waals surface area (Å²) in [5.41, 5.74) is 2.25. The Bertz CT molecular complexity index is 753. The average Bonchev–Trinajstić information content (AvgIpc) is 3.05. The van der Waals surface area contributed by atoms with Crippen LogP contribution in [0.15, 0.2) is 29.3 Å². The number of aliphatic imine (C=N–C) groups is 1. The molecule has 0 bridgehead atoms. The van der Waals surface area contributed by atoms with E-state index in [0.717, 1.165) is 60.7 Å². The van der Waals surface area contributed by atoms with Gasteiger partial charge in [-0.15, -0.1) is 11.3 Å². The predicted octanol–water partition coefficient (Wildman–Crippen LogP) is 3.74. The second-order valence-electron chi connectivity index (χ2n) is 6.81. The van der Waals surface area contributed by atoms with Crippen molar-refractivity contribution in [2.45, 2.75) is 47.7 Å². The Balaban J connectivity index is 1.85. The zero-order valence-corrected chi connectivity index (χ0v) is 19.2. The number of rotatable bonds is 11. The summed E-state index contributed by atoms with van der Waals surface area (Å²) in [5, 5.41) is 7.80. The fourth-order valence-corrected chi connectivity index (χ4v) is 3.81. The molecule has 29 heavy (non-hydrogen) atoms. The van der Waals surface area contributed by atoms with Gasteiger partial charge in [-0.2, -0.15) is 0 Å². The molecule has 0 unspecified atom stereocenters. The molecule has 7 heteroatoms. The zero-order chi connectivity index (χ0) is 21.1. The summed E-state index contributed by atoms with van der Waals surface area (Å²) in [7, 11) is 0. The second kappa shape index (κ2) is 12.4. The van der Waals surface area contributed by atoms with E-state index in [1.165, 1.54) is 4.88 Å². The molecule has 0 aliphatic carbocycles. The monoisotopic (exact) mass is 417 g/mol. The van der Waals surface area contributed by atoms with Crippen LogP contribution in [-0.2, 0) is 13.1 Å². The highest BCUT2D eigenvalue weighted by atomic mass is 32.1. The summed E-state index contributed by atoms with van der Waals surface area (Å²) in [4.78, 5) is 12.8. The van der Waals surface area contributed by atoms with E-state index in [9.17, 15) is 0 Å². The highest BCUT2D eigenvalue weighted by molar-refractivity contribution is 7.11. The third kappa shape index (κ3) is 8.03. The van der Waals surface area contributed by atoms with Gasteiger partial charge in [-0.25, -0.2) is 9.98 Å². The first kappa shape index (κ1) is 23.2. The molecule has 2 rings (SSSR count). The third-order valence-electron chi connectivity index (χ3n) is 4.67. The molecule has 0 saturated carbocycles. The van der Waals surface area contributed by atoms with E-state index < -0.39 is 0 Å². The van der Waals surface area contributed by atoms with Crippen LogP contribution in [0.4, 0.5) is 0 Å². The van der Waals surface area contributed by atoms with Crippen LogP contribution < -0.4 is 15.4 Å². The Labute approximate surface area is 179 Å². The molecule has 160 valence electrons. The molecule has 1 aromatic carbocycles. The Hall–Kier alpha value is -2.12. The van der Waals surface area contributed by atoms with Gasteiger partial charge < -0.3 is 20.3 Å². The van der Waals surface area contributed by atoms with Crippen LogP contribution in [0.2, 0.25) is 0 Å². The number of ether oxygens (including phenoxy) is 1. The van der Waals surface area contributed by atoms with Crippen molar-refractivity contribution >= 4 is 17.3 Å². The number of aryl methyl sites for hydroxylation is 2. The summed E-state index contributed by atoms with van der Waals surface area (Å²) in [6.45, 7) is 16.5. The summed E-state index contributed by atoms with van der Waals surface area (Å²) >= 11 is 1.73. The van der Waals surface area contributed by atoms with Crippen LogP contribution in [0.25, 0.3) is 0 Å². The number of nitrogens with one attached hydrogen (secondary N) is 2. The van der Waals surface area contributed by atoms with E-state index in [0.29, 0.717) is 13.2 Å². The molecule has 0 saturated heterocycles. The van der Waals surface area contributed by atoms with Gasteiger partial charge in [0.15, 0.2) is 5.96 Å². The lowest BCUT2D eigenvalue weighted by Crippen LogP contribution is -2.36. The Kier molecular flexibility index (Phi) is 9.94. The first-order valence-electron chi connectivity index (χ1n) is 10.4. The van der Waals surface area contributed by atoms with Crippen LogP contribution in [0.3, 0.4) is 0 Å². The second-order valence-corrected chi connectivity index (χ2v) is 8.10. The number of hydrogen-bond acceptors (Lipinski definition) is 5. The first-order chi connectivity index (χ1) is 14.0. The number of thiazole rings is 1. The molecule has 0 aliphatic rings. The molecule has 2 aromatic rings. The van der Waals surface area contributed by atoms with Gasteiger partial charge in [0, 0.05) is 18.0 Å². The lowest BCUT2D eigenvalue weighted by molar-refractivity contribution is 0.223. The summed E-state index contributed by atoms with van der Waals surface area (Å²) in [6.07, 6.45) is 0. The smallest absolute Gasteiger partial charge is 0.191 e. The SMILES string of the molecule is CCNC(=NCc1ccc(OCCN(CC)CC)cc1)NCc1sc(C)nc1C. The van der Waals surface area contributed by atoms with Crippen molar-refractivity contribution in [3.05, 3.63) is 45.4 Å². The van der Waals surface area contributed by atoms with E-state index in [4.69, 9.17) is 9.73 Å². The summed E-state index contributed by atoms with van der Waals surface area (Å²) in [6, 6.07) is 8.21. The zero-order valence-electron chi connectivity index (χ0n) is 18.4. The Morgan fingerprint density at radius 1 is 1.10 bits per heavy atom. The van der Waals surface area contributed by atoms with Crippen molar-refractivity contribution in [3.63, 3.8) is 0 Å². The maximum atomic E-state index is 5.85. The number of guanidine groups is 1. The predicted molar refractivity (Wildman–Crippen MR) is 123 cm³/mol. The van der Waals surface area contributed by atoms with Crippen molar-refractivity contribution in [1.29, 1.82) is 0 Å². The van der Waals surface area contributed by atoms with Gasteiger partial charge in [0.2, 0.25) is 0 Å². The molecule has 0 spiro atoms. The van der Waals surface area contributed by atoms with Crippen LogP contribution >= 0.6 is 11.3 Å². The van der Waals surface area contributed by atoms with Crippen molar-refractivity contribution in [3.8, 4) is 5.75 Å². The molecule has 0 amide bonds. The first-order valence-corrected chi connectivity index (χ1v) is 11.3. The quantitative estimate of drug-likeness (QED) is 0.431. The number of aromatic nitrogens is 1. The molecule has 0 atom stereocenters. The van der Waals surface area contributed by atoms with Gasteiger partial charge in [-0.1, -0.05) is 26.0 Å². The highest BCUT2D eigenvalue weighted by Crippen LogP contribution is 2.16. The largest absolute Gasteiger partial charge is 0.492 e. The number of nitrogens with zero attached hydrogens (tertiary/aromatic N) is 3. The standard InChI is InChI=1S/C22H35N5OS/c1-6-23-22(25-16-21-17(4)26-18(5)29-21)24-15-19-9-11-20(12-10-19)28-14-13-27(7-2)8-3/h9-12H,6-8,13-16H2,1-5H3,(H2,23,24,25). The minimum absolute atomic E-state index is 0.621. The van der Waals surface area contributed by atoms with E-state index in [1.54, 1.807) is 11.3 Å². The van der Waals surface area contributed by atoms with Gasteiger partial charge in [0.05, 0.1) is 23.8 Å². The lowest BCUT2D eigenvalue weighted by atomic mass is 10.2.